The number of aliphatic hydroxyl groups is 3. The molecule has 3 aromatic rings. The maximum Gasteiger partial charge on any atom is 0.303 e. The molecule has 0 spiro atoms. The van der Waals surface area contributed by atoms with E-state index in [2.05, 4.69) is 126 Å². The number of carboxylic acids is 3. The number of rotatable bonds is 30. The Balaban J connectivity index is 2.86. The van der Waals surface area contributed by atoms with Gasteiger partial charge in [-0.2, -0.15) is 0 Å². The van der Waals surface area contributed by atoms with Crippen molar-refractivity contribution >= 4 is 35.2 Å². The van der Waals surface area contributed by atoms with Gasteiger partial charge in [0.15, 0.2) is 5.05 Å². The lowest BCUT2D eigenvalue weighted by Crippen LogP contribution is -2.50. The van der Waals surface area contributed by atoms with E-state index < -0.39 is 70.7 Å². The SMILES string of the molecule is CCCCCCCCCCCCC(c1c(C)cc(CCC(=O)O)cc1C(C)(C)C)C(C(=S)OCC(CO)(CO)CO)(c1c(C)cc(CCC(=O)O)cc1C(C)(C)C)c1c(C)cc(CCC(=O)O)cc1C(C)(C)C. The summed E-state index contributed by atoms with van der Waals surface area (Å²) in [4.78, 5) is 36.3. The van der Waals surface area contributed by atoms with E-state index in [4.69, 9.17) is 17.0 Å². The normalized spacial score (nSPS) is 13.0. The Bertz CT molecular complexity index is 2230. The summed E-state index contributed by atoms with van der Waals surface area (Å²) in [6.45, 7) is 26.0. The molecule has 0 aliphatic heterocycles. The number of ether oxygens (including phenoxy) is 1. The summed E-state index contributed by atoms with van der Waals surface area (Å²) in [6.07, 6.45) is 12.7. The van der Waals surface area contributed by atoms with Gasteiger partial charge in [-0.05, 0) is 142 Å². The van der Waals surface area contributed by atoms with E-state index >= 15 is 0 Å². The molecule has 1 unspecified atom stereocenters. The van der Waals surface area contributed by atoms with Gasteiger partial charge in [-0.25, -0.2) is 0 Å². The standard InChI is InChI=1S/C62H94O10S/c1-14-15-16-17-18-19-20-21-22-23-24-47(54-41(2)31-44(25-28-51(66)67)34-48(54)58(5,6)7)62(57(73)72-40-61(37-63,38-64)39-65,55-42(3)32-45(26-29-52(68)69)35-49(55)59(8,9)10)56-43(4)33-46(27-30-53(70)71)36-50(56)60(11,12)13/h31-36,47,63-65H,14-30,37-40H2,1-13H3,(H,66,67)(H,68,69)(H,70,71). The van der Waals surface area contributed by atoms with Crippen LogP contribution in [0.4, 0.5) is 0 Å². The summed E-state index contributed by atoms with van der Waals surface area (Å²) in [5.74, 6) is -3.15. The largest absolute Gasteiger partial charge is 0.485 e. The van der Waals surface area contributed by atoms with Crippen LogP contribution < -0.4 is 0 Å². The first-order valence-electron chi connectivity index (χ1n) is 27.1. The minimum Gasteiger partial charge on any atom is -0.485 e. The lowest BCUT2D eigenvalue weighted by Gasteiger charge is -2.50. The van der Waals surface area contributed by atoms with Crippen LogP contribution in [0, 0.1) is 26.2 Å². The van der Waals surface area contributed by atoms with E-state index in [1.54, 1.807) is 0 Å². The van der Waals surface area contributed by atoms with Crippen LogP contribution in [0.15, 0.2) is 36.4 Å². The number of aryl methyl sites for hydroxylation is 6. The van der Waals surface area contributed by atoms with Crippen molar-refractivity contribution in [3.63, 3.8) is 0 Å². The summed E-state index contributed by atoms with van der Waals surface area (Å²) in [7, 11) is 0. The monoisotopic (exact) mass is 1030 g/mol. The van der Waals surface area contributed by atoms with Gasteiger partial charge in [-0.3, -0.25) is 14.4 Å². The summed E-state index contributed by atoms with van der Waals surface area (Å²) in [5, 5.41) is 62.4. The molecule has 0 radical (unpaired) electrons. The van der Waals surface area contributed by atoms with Crippen LogP contribution in [-0.2, 0) is 60.0 Å². The Labute approximate surface area is 444 Å². The Morgan fingerprint density at radius 2 is 0.863 bits per heavy atom. The van der Waals surface area contributed by atoms with Crippen molar-refractivity contribution in [2.24, 2.45) is 5.41 Å². The van der Waals surface area contributed by atoms with Crippen molar-refractivity contribution in [1.29, 1.82) is 0 Å². The quantitative estimate of drug-likeness (QED) is 0.0276. The number of aliphatic carboxylic acids is 3. The van der Waals surface area contributed by atoms with Crippen LogP contribution in [0.5, 0.6) is 0 Å². The van der Waals surface area contributed by atoms with Crippen molar-refractivity contribution in [2.75, 3.05) is 26.4 Å². The molecule has 0 heterocycles. The maximum atomic E-state index is 12.1. The van der Waals surface area contributed by atoms with Gasteiger partial charge in [-0.15, -0.1) is 0 Å². The van der Waals surface area contributed by atoms with E-state index in [0.717, 1.165) is 92.4 Å². The van der Waals surface area contributed by atoms with Gasteiger partial charge in [0.1, 0.15) is 6.61 Å². The third-order valence-electron chi connectivity index (χ3n) is 14.9. The number of hydrogen-bond donors (Lipinski definition) is 6. The molecular formula is C62H94O10S. The van der Waals surface area contributed by atoms with E-state index in [1.807, 2.05) is 0 Å². The first-order valence-corrected chi connectivity index (χ1v) is 27.5. The first-order chi connectivity index (χ1) is 34.0. The number of unbranched alkanes of at least 4 members (excludes halogenated alkanes) is 9. The Kier molecular flexibility index (Phi) is 23.8. The molecule has 0 saturated heterocycles. The van der Waals surface area contributed by atoms with E-state index in [9.17, 15) is 45.0 Å². The van der Waals surface area contributed by atoms with E-state index in [-0.39, 0.29) is 30.9 Å². The fourth-order valence-electron chi connectivity index (χ4n) is 10.9. The van der Waals surface area contributed by atoms with E-state index in [1.165, 1.54) is 38.5 Å². The van der Waals surface area contributed by atoms with Crippen LogP contribution in [0.2, 0.25) is 0 Å². The number of carboxylic acid groups (broad SMARTS) is 3. The van der Waals surface area contributed by atoms with Crippen molar-refractivity contribution in [3.05, 3.63) is 103 Å². The number of thiocarbonyl (C=S) groups is 1. The van der Waals surface area contributed by atoms with E-state index in [0.29, 0.717) is 25.7 Å². The van der Waals surface area contributed by atoms with Crippen molar-refractivity contribution in [1.82, 2.24) is 0 Å². The summed E-state index contributed by atoms with van der Waals surface area (Å²) in [6, 6.07) is 12.8. The molecule has 0 bridgehead atoms. The number of benzene rings is 3. The molecule has 3 rings (SSSR count). The highest BCUT2D eigenvalue weighted by molar-refractivity contribution is 7.80. The highest BCUT2D eigenvalue weighted by atomic mass is 32.1. The molecule has 3 aromatic carbocycles. The molecule has 0 saturated carbocycles. The van der Waals surface area contributed by atoms with Crippen molar-refractivity contribution < 1.29 is 49.8 Å². The molecule has 11 heteroatoms. The van der Waals surface area contributed by atoms with Crippen LogP contribution in [-0.4, -0.2) is 80.0 Å². The fourth-order valence-corrected chi connectivity index (χ4v) is 11.4. The molecule has 408 valence electrons. The smallest absolute Gasteiger partial charge is 0.303 e. The molecule has 0 aliphatic carbocycles. The zero-order valence-electron chi connectivity index (χ0n) is 47.1. The third-order valence-corrected chi connectivity index (χ3v) is 15.3. The Hall–Kier alpha value is -4.16. The minimum absolute atomic E-state index is 0.0285. The molecule has 0 amide bonds. The highest BCUT2D eigenvalue weighted by Crippen LogP contribution is 2.58. The van der Waals surface area contributed by atoms with Gasteiger partial charge < -0.3 is 35.4 Å². The minimum atomic E-state index is -1.45. The molecule has 10 nitrogen and oxygen atoms in total. The molecule has 6 N–H and O–H groups in total. The Morgan fingerprint density at radius 1 is 0.521 bits per heavy atom. The van der Waals surface area contributed by atoms with Gasteiger partial charge >= 0.3 is 17.9 Å². The third kappa shape index (κ3) is 16.9. The molecule has 0 aromatic heterocycles. The summed E-state index contributed by atoms with van der Waals surface area (Å²) < 4.78 is 7.11. The molecule has 0 aliphatic rings. The number of aliphatic hydroxyl groups excluding tert-OH is 3. The molecule has 0 fully saturated rings. The molecular weight excluding hydrogens is 937 g/mol. The molecule has 73 heavy (non-hydrogen) atoms. The predicted molar refractivity (Wildman–Crippen MR) is 300 cm³/mol. The van der Waals surface area contributed by atoms with Gasteiger partial charge in [0, 0.05) is 25.2 Å². The topological polar surface area (TPSA) is 182 Å². The fraction of sp³-hybridized carbons (Fsp3) is 0.645. The van der Waals surface area contributed by atoms with Gasteiger partial charge in [0.2, 0.25) is 0 Å². The lowest BCUT2D eigenvalue weighted by atomic mass is 9.54. The Morgan fingerprint density at radius 3 is 1.21 bits per heavy atom. The van der Waals surface area contributed by atoms with Crippen molar-refractivity contribution in [3.8, 4) is 0 Å². The van der Waals surface area contributed by atoms with Gasteiger partial charge in [-0.1, -0.05) is 170 Å². The summed E-state index contributed by atoms with van der Waals surface area (Å²) in [5.41, 5.74) is 6.81. The number of carbonyl (C=O) groups is 3. The first kappa shape index (κ1) is 63.1. The van der Waals surface area contributed by atoms with Crippen molar-refractivity contribution in [2.45, 2.75) is 227 Å². The average Bonchev–Trinajstić information content (AvgIpc) is 3.29. The predicted octanol–water partition coefficient (Wildman–Crippen LogP) is 13.2. The molecule has 1 atom stereocenters. The summed E-state index contributed by atoms with van der Waals surface area (Å²) >= 11 is 7.03. The second-order valence-electron chi connectivity index (χ2n) is 24.4. The van der Waals surface area contributed by atoms with Crippen LogP contribution in [0.3, 0.4) is 0 Å². The second-order valence-corrected chi connectivity index (χ2v) is 24.7. The van der Waals surface area contributed by atoms with Crippen LogP contribution in [0.1, 0.15) is 232 Å². The zero-order valence-corrected chi connectivity index (χ0v) is 47.9. The average molecular weight is 1030 g/mol. The van der Waals surface area contributed by atoms with Crippen LogP contribution in [0.25, 0.3) is 0 Å². The maximum absolute atomic E-state index is 12.1. The second kappa shape index (κ2) is 27.6. The van der Waals surface area contributed by atoms with Crippen LogP contribution >= 0.6 is 12.2 Å². The highest BCUT2D eigenvalue weighted by Gasteiger charge is 2.54. The zero-order chi connectivity index (χ0) is 55.1. The lowest BCUT2D eigenvalue weighted by molar-refractivity contribution is -0.138. The van der Waals surface area contributed by atoms with Gasteiger partial charge in [0.25, 0.3) is 0 Å². The number of hydrogen-bond acceptors (Lipinski definition) is 8. The van der Waals surface area contributed by atoms with Gasteiger partial charge in [0.05, 0.1) is 30.7 Å².